The minimum absolute atomic E-state index is 0.0827. The standard InChI is InChI=1S/C20H28N2O2/c1-12-4-16(11-21-10-12)19(2,3)18(23)22-17-14-5-13-6-15(17)9-20(24,7-13)8-14/h4,10-11,13-15,17,24H,5-9H2,1-3H3,(H,22,23)/t13?,14-,15+,17?,20?. The van der Waals surface area contributed by atoms with E-state index >= 15 is 0 Å². The van der Waals surface area contributed by atoms with Crippen LogP contribution in [0.5, 0.6) is 0 Å². The van der Waals surface area contributed by atoms with E-state index in [1.54, 1.807) is 6.20 Å². The second kappa shape index (κ2) is 5.29. The number of aliphatic hydroxyl groups is 1. The molecule has 1 aromatic heterocycles. The molecule has 5 rings (SSSR count). The minimum atomic E-state index is -0.593. The number of pyridine rings is 1. The van der Waals surface area contributed by atoms with Gasteiger partial charge in [-0.1, -0.05) is 6.07 Å². The molecule has 1 aromatic rings. The molecular weight excluding hydrogens is 300 g/mol. The predicted molar refractivity (Wildman–Crippen MR) is 92.4 cm³/mol. The Morgan fingerprint density at radius 1 is 1.25 bits per heavy atom. The lowest BCUT2D eigenvalue weighted by molar-refractivity contribution is -0.148. The molecule has 4 aliphatic carbocycles. The fraction of sp³-hybridized carbons (Fsp3) is 0.700. The summed E-state index contributed by atoms with van der Waals surface area (Å²) in [6, 6.07) is 2.28. The van der Waals surface area contributed by atoms with Crippen molar-refractivity contribution in [2.45, 2.75) is 69.9 Å². The molecule has 0 aliphatic heterocycles. The zero-order valence-corrected chi connectivity index (χ0v) is 14.9. The molecule has 24 heavy (non-hydrogen) atoms. The molecule has 4 fully saturated rings. The smallest absolute Gasteiger partial charge is 0.230 e. The van der Waals surface area contributed by atoms with E-state index in [4.69, 9.17) is 0 Å². The number of nitrogens with one attached hydrogen (secondary N) is 1. The van der Waals surface area contributed by atoms with Crippen molar-refractivity contribution in [3.8, 4) is 0 Å². The Kier molecular flexibility index (Phi) is 3.54. The molecule has 1 amide bonds. The highest BCUT2D eigenvalue weighted by Gasteiger charge is 2.55. The number of aryl methyl sites for hydroxylation is 1. The molecule has 2 N–H and O–H groups in total. The van der Waals surface area contributed by atoms with Crippen LogP contribution < -0.4 is 5.32 Å². The number of hydrogen-bond donors (Lipinski definition) is 2. The molecule has 4 heteroatoms. The van der Waals surface area contributed by atoms with Gasteiger partial charge in [-0.25, -0.2) is 0 Å². The molecule has 130 valence electrons. The normalized spacial score (nSPS) is 37.5. The van der Waals surface area contributed by atoms with Gasteiger partial charge in [-0.05, 0) is 81.8 Å². The lowest BCUT2D eigenvalue weighted by Crippen LogP contribution is -2.62. The van der Waals surface area contributed by atoms with E-state index in [1.165, 1.54) is 0 Å². The predicted octanol–water partition coefficient (Wildman–Crippen LogP) is 2.72. The van der Waals surface area contributed by atoms with Gasteiger partial charge < -0.3 is 10.4 Å². The van der Waals surface area contributed by atoms with Gasteiger partial charge in [-0.15, -0.1) is 0 Å². The molecule has 4 bridgehead atoms. The molecule has 3 unspecified atom stereocenters. The number of rotatable bonds is 3. The molecule has 4 saturated carbocycles. The van der Waals surface area contributed by atoms with E-state index in [0.29, 0.717) is 17.8 Å². The molecule has 0 aromatic carbocycles. The quantitative estimate of drug-likeness (QED) is 0.897. The Balaban J connectivity index is 1.52. The van der Waals surface area contributed by atoms with E-state index in [1.807, 2.05) is 33.0 Å². The maximum atomic E-state index is 13.0. The number of amides is 1. The van der Waals surface area contributed by atoms with Crippen LogP contribution in [0.1, 0.15) is 57.1 Å². The van der Waals surface area contributed by atoms with Gasteiger partial charge in [0.2, 0.25) is 5.91 Å². The van der Waals surface area contributed by atoms with E-state index in [-0.39, 0.29) is 11.9 Å². The van der Waals surface area contributed by atoms with Gasteiger partial charge in [0, 0.05) is 18.4 Å². The van der Waals surface area contributed by atoms with Crippen molar-refractivity contribution >= 4 is 5.91 Å². The first-order valence-electron chi connectivity index (χ1n) is 9.22. The van der Waals surface area contributed by atoms with Gasteiger partial charge in [0.25, 0.3) is 0 Å². The lowest BCUT2D eigenvalue weighted by Gasteiger charge is -2.58. The molecule has 0 spiro atoms. The maximum absolute atomic E-state index is 13.0. The topological polar surface area (TPSA) is 62.2 Å². The monoisotopic (exact) mass is 328 g/mol. The highest BCUT2D eigenvalue weighted by Crippen LogP contribution is 2.55. The SMILES string of the molecule is Cc1cncc(C(C)(C)C(=O)NC2[C@@H]3CC4C[C@H]2CC(O)(C4)C3)c1. The molecule has 4 aliphatic rings. The van der Waals surface area contributed by atoms with Crippen LogP contribution in [0.3, 0.4) is 0 Å². The second-order valence-electron chi connectivity index (χ2n) is 9.07. The third-order valence-corrected chi connectivity index (χ3v) is 6.70. The van der Waals surface area contributed by atoms with Gasteiger partial charge in [-0.3, -0.25) is 9.78 Å². The first kappa shape index (κ1) is 16.1. The average Bonchev–Trinajstić information content (AvgIpc) is 2.49. The number of carbonyl (C=O) groups excluding carboxylic acids is 1. The zero-order valence-electron chi connectivity index (χ0n) is 14.9. The van der Waals surface area contributed by atoms with Gasteiger partial charge >= 0.3 is 0 Å². The Bertz CT molecular complexity index is 653. The lowest BCUT2D eigenvalue weighted by atomic mass is 9.52. The molecule has 0 radical (unpaired) electrons. The summed E-state index contributed by atoms with van der Waals surface area (Å²) in [7, 11) is 0. The van der Waals surface area contributed by atoms with Gasteiger partial charge in [0.05, 0.1) is 11.0 Å². The van der Waals surface area contributed by atoms with Crippen molar-refractivity contribution in [1.29, 1.82) is 0 Å². The summed E-state index contributed by atoms with van der Waals surface area (Å²) in [5.41, 5.74) is 0.992. The van der Waals surface area contributed by atoms with Crippen LogP contribution in [-0.2, 0) is 10.2 Å². The highest BCUT2D eigenvalue weighted by atomic mass is 16.3. The van der Waals surface area contributed by atoms with Crippen molar-refractivity contribution in [2.24, 2.45) is 17.8 Å². The number of nitrogens with zero attached hydrogens (tertiary/aromatic N) is 1. The van der Waals surface area contributed by atoms with E-state index in [2.05, 4.69) is 10.3 Å². The zero-order chi connectivity index (χ0) is 17.1. The molecule has 5 atom stereocenters. The summed E-state index contributed by atoms with van der Waals surface area (Å²) in [6.07, 6.45) is 8.63. The Morgan fingerprint density at radius 3 is 2.50 bits per heavy atom. The average molecular weight is 328 g/mol. The summed E-state index contributed by atoms with van der Waals surface area (Å²) in [5, 5.41) is 14.1. The molecule has 1 heterocycles. The summed E-state index contributed by atoms with van der Waals surface area (Å²) >= 11 is 0. The third-order valence-electron chi connectivity index (χ3n) is 6.70. The van der Waals surface area contributed by atoms with Gasteiger partial charge in [0.15, 0.2) is 0 Å². The largest absolute Gasteiger partial charge is 0.390 e. The third kappa shape index (κ3) is 2.55. The van der Waals surface area contributed by atoms with Crippen LogP contribution in [0.15, 0.2) is 18.5 Å². The van der Waals surface area contributed by atoms with Crippen LogP contribution in [0.4, 0.5) is 0 Å². The first-order valence-corrected chi connectivity index (χ1v) is 9.22. The van der Waals surface area contributed by atoms with Crippen LogP contribution in [0, 0.1) is 24.7 Å². The van der Waals surface area contributed by atoms with Gasteiger partial charge in [-0.2, -0.15) is 0 Å². The minimum Gasteiger partial charge on any atom is -0.390 e. The van der Waals surface area contributed by atoms with Crippen molar-refractivity contribution < 1.29 is 9.90 Å². The summed E-state index contributed by atoms with van der Waals surface area (Å²) in [6.45, 7) is 5.95. The fourth-order valence-corrected chi connectivity index (χ4v) is 5.58. The van der Waals surface area contributed by atoms with E-state index in [9.17, 15) is 9.90 Å². The van der Waals surface area contributed by atoms with E-state index in [0.717, 1.165) is 43.2 Å². The second-order valence-corrected chi connectivity index (χ2v) is 9.07. The summed E-state index contributed by atoms with van der Waals surface area (Å²) < 4.78 is 0. The van der Waals surface area contributed by atoms with Crippen LogP contribution >= 0.6 is 0 Å². The van der Waals surface area contributed by atoms with Crippen molar-refractivity contribution in [2.75, 3.05) is 0 Å². The Labute approximate surface area is 144 Å². The maximum Gasteiger partial charge on any atom is 0.230 e. The Hall–Kier alpha value is -1.42. The van der Waals surface area contributed by atoms with Crippen LogP contribution in [0.25, 0.3) is 0 Å². The summed E-state index contributed by atoms with van der Waals surface area (Å²) in [4.78, 5) is 17.3. The highest BCUT2D eigenvalue weighted by molar-refractivity contribution is 5.87. The van der Waals surface area contributed by atoms with Crippen molar-refractivity contribution in [3.63, 3.8) is 0 Å². The van der Waals surface area contributed by atoms with Crippen molar-refractivity contribution in [1.82, 2.24) is 10.3 Å². The van der Waals surface area contributed by atoms with Gasteiger partial charge in [0.1, 0.15) is 0 Å². The van der Waals surface area contributed by atoms with Crippen molar-refractivity contribution in [3.05, 3.63) is 29.6 Å². The summed E-state index contributed by atoms with van der Waals surface area (Å²) in [5.74, 6) is 1.63. The van der Waals surface area contributed by atoms with Crippen LogP contribution in [0.2, 0.25) is 0 Å². The van der Waals surface area contributed by atoms with E-state index < -0.39 is 11.0 Å². The Morgan fingerprint density at radius 2 is 1.92 bits per heavy atom. The van der Waals surface area contributed by atoms with Crippen LogP contribution in [-0.4, -0.2) is 27.6 Å². The number of hydrogen-bond acceptors (Lipinski definition) is 3. The fourth-order valence-electron chi connectivity index (χ4n) is 5.58. The first-order chi connectivity index (χ1) is 11.3. The number of aromatic nitrogens is 1. The number of carbonyl (C=O) groups is 1. The molecule has 0 saturated heterocycles. The molecule has 4 nitrogen and oxygen atoms in total. The molecular formula is C20H28N2O2.